The second-order valence-corrected chi connectivity index (χ2v) is 2.62. The van der Waals surface area contributed by atoms with E-state index in [0.717, 1.165) is 5.69 Å². The van der Waals surface area contributed by atoms with Crippen LogP contribution >= 0.6 is 0 Å². The number of aliphatic carboxylic acids is 1. The van der Waals surface area contributed by atoms with Crippen LogP contribution < -0.4 is 0 Å². The van der Waals surface area contributed by atoms with Crippen LogP contribution in [-0.2, 0) is 17.9 Å². The number of carboxylic acids is 1. The lowest BCUT2D eigenvalue weighted by molar-refractivity contribution is -0.137. The molecular weight excluding hydrogens is 172 g/mol. The highest BCUT2D eigenvalue weighted by Gasteiger charge is 2.02. The first kappa shape index (κ1) is 9.44. The maximum Gasteiger partial charge on any atom is 0.305 e. The van der Waals surface area contributed by atoms with Gasteiger partial charge in [-0.15, -0.1) is 0 Å². The first-order valence-electron chi connectivity index (χ1n) is 3.89. The first-order valence-corrected chi connectivity index (χ1v) is 3.89. The number of nitrogens with zero attached hydrogens (tertiary/aromatic N) is 2. The lowest BCUT2D eigenvalue weighted by Crippen LogP contribution is -2.06. The van der Waals surface area contributed by atoms with Gasteiger partial charge in [-0.1, -0.05) is 5.18 Å². The number of aromatic nitrogens is 1. The molecule has 0 spiro atoms. The van der Waals surface area contributed by atoms with Crippen molar-refractivity contribution >= 4 is 5.97 Å². The van der Waals surface area contributed by atoms with E-state index in [0.29, 0.717) is 6.54 Å². The SMILES string of the molecule is O=NCc1cccn1CCC(=O)O. The number of carboxylic acid groups (broad SMARTS) is 1. The molecule has 0 saturated carbocycles. The van der Waals surface area contributed by atoms with E-state index in [9.17, 15) is 9.70 Å². The van der Waals surface area contributed by atoms with Crippen molar-refractivity contribution in [2.75, 3.05) is 0 Å². The maximum atomic E-state index is 10.3. The number of aryl methyl sites for hydroxylation is 1. The number of nitroso groups, excluding NO2 is 1. The summed E-state index contributed by atoms with van der Waals surface area (Å²) in [6.45, 7) is 0.472. The van der Waals surface area contributed by atoms with Gasteiger partial charge in [0.2, 0.25) is 0 Å². The molecular formula is C8H10N2O3. The standard InChI is InChI=1S/C8H10N2O3/c11-8(12)3-5-10-4-1-2-7(10)6-9-13/h1-2,4H,3,5-6H2,(H,11,12). The molecule has 0 aromatic carbocycles. The molecule has 0 aliphatic heterocycles. The van der Waals surface area contributed by atoms with Crippen LogP contribution in [0.25, 0.3) is 0 Å². The van der Waals surface area contributed by atoms with Crippen LogP contribution in [0.1, 0.15) is 12.1 Å². The van der Waals surface area contributed by atoms with E-state index in [1.54, 1.807) is 22.9 Å². The third-order valence-corrected chi connectivity index (χ3v) is 1.72. The molecule has 0 fully saturated rings. The topological polar surface area (TPSA) is 71.7 Å². The van der Waals surface area contributed by atoms with Gasteiger partial charge in [0.25, 0.3) is 0 Å². The normalized spacial score (nSPS) is 9.85. The molecule has 1 aromatic rings. The average Bonchev–Trinajstić information content (AvgIpc) is 2.49. The number of carbonyl (C=O) groups is 1. The zero-order chi connectivity index (χ0) is 9.68. The van der Waals surface area contributed by atoms with Crippen molar-refractivity contribution in [3.8, 4) is 0 Å². The van der Waals surface area contributed by atoms with E-state index in [2.05, 4.69) is 5.18 Å². The summed E-state index contributed by atoms with van der Waals surface area (Å²) in [6, 6.07) is 3.52. The highest BCUT2D eigenvalue weighted by molar-refractivity contribution is 5.66. The second-order valence-electron chi connectivity index (χ2n) is 2.62. The highest BCUT2D eigenvalue weighted by atomic mass is 16.4. The van der Waals surface area contributed by atoms with Gasteiger partial charge < -0.3 is 9.67 Å². The van der Waals surface area contributed by atoms with Gasteiger partial charge in [0.1, 0.15) is 6.54 Å². The summed E-state index contributed by atoms with van der Waals surface area (Å²) in [7, 11) is 0. The van der Waals surface area contributed by atoms with E-state index in [1.807, 2.05) is 0 Å². The molecule has 0 aliphatic carbocycles. The van der Waals surface area contributed by atoms with Crippen LogP contribution in [0.4, 0.5) is 0 Å². The molecule has 13 heavy (non-hydrogen) atoms. The number of hydrogen-bond acceptors (Lipinski definition) is 3. The summed E-state index contributed by atoms with van der Waals surface area (Å²) in [5.41, 5.74) is 0.747. The van der Waals surface area contributed by atoms with Crippen LogP contribution in [0.2, 0.25) is 0 Å². The van der Waals surface area contributed by atoms with Gasteiger partial charge in [-0.05, 0) is 12.1 Å². The van der Waals surface area contributed by atoms with Crippen LogP contribution in [0, 0.1) is 4.91 Å². The Morgan fingerprint density at radius 3 is 3.00 bits per heavy atom. The zero-order valence-electron chi connectivity index (χ0n) is 7.01. The second kappa shape index (κ2) is 4.39. The van der Waals surface area contributed by atoms with Crippen molar-refractivity contribution < 1.29 is 9.90 Å². The van der Waals surface area contributed by atoms with Crippen molar-refractivity contribution in [3.63, 3.8) is 0 Å². The van der Waals surface area contributed by atoms with Gasteiger partial charge >= 0.3 is 5.97 Å². The fourth-order valence-electron chi connectivity index (χ4n) is 1.09. The Morgan fingerprint density at radius 2 is 2.38 bits per heavy atom. The molecule has 1 heterocycles. The van der Waals surface area contributed by atoms with Gasteiger partial charge in [0.05, 0.1) is 6.42 Å². The predicted molar refractivity (Wildman–Crippen MR) is 46.2 cm³/mol. The first-order chi connectivity index (χ1) is 6.24. The molecule has 1 aromatic heterocycles. The third-order valence-electron chi connectivity index (χ3n) is 1.72. The van der Waals surface area contributed by atoms with E-state index < -0.39 is 5.97 Å². The van der Waals surface area contributed by atoms with Crippen LogP contribution in [-0.4, -0.2) is 15.6 Å². The molecule has 5 nitrogen and oxygen atoms in total. The minimum Gasteiger partial charge on any atom is -0.481 e. The summed E-state index contributed by atoms with van der Waals surface area (Å²) < 4.78 is 1.72. The van der Waals surface area contributed by atoms with Crippen molar-refractivity contribution in [1.82, 2.24) is 4.57 Å². The average molecular weight is 182 g/mol. The Kier molecular flexibility index (Phi) is 3.19. The molecule has 0 unspecified atom stereocenters. The van der Waals surface area contributed by atoms with Gasteiger partial charge in [0, 0.05) is 18.4 Å². The van der Waals surface area contributed by atoms with E-state index in [-0.39, 0.29) is 13.0 Å². The molecule has 70 valence electrons. The molecule has 0 amide bonds. The molecule has 0 bridgehead atoms. The largest absolute Gasteiger partial charge is 0.481 e. The third kappa shape index (κ3) is 2.70. The molecule has 0 atom stereocenters. The van der Waals surface area contributed by atoms with Gasteiger partial charge in [-0.2, -0.15) is 4.91 Å². The number of hydrogen-bond donors (Lipinski definition) is 1. The monoisotopic (exact) mass is 182 g/mol. The van der Waals surface area contributed by atoms with E-state index in [1.165, 1.54) is 0 Å². The summed E-state index contributed by atoms with van der Waals surface area (Å²) >= 11 is 0. The Bertz CT molecular complexity index is 306. The van der Waals surface area contributed by atoms with Crippen molar-refractivity contribution in [2.45, 2.75) is 19.5 Å². The Labute approximate surface area is 75.0 Å². The van der Waals surface area contributed by atoms with Gasteiger partial charge in [0.15, 0.2) is 0 Å². The zero-order valence-corrected chi connectivity index (χ0v) is 7.01. The quantitative estimate of drug-likeness (QED) is 0.696. The van der Waals surface area contributed by atoms with Crippen molar-refractivity contribution in [1.29, 1.82) is 0 Å². The van der Waals surface area contributed by atoms with E-state index >= 15 is 0 Å². The Balaban J connectivity index is 2.59. The lowest BCUT2D eigenvalue weighted by Gasteiger charge is -2.03. The summed E-state index contributed by atoms with van der Waals surface area (Å²) in [5.74, 6) is -0.848. The predicted octanol–water partition coefficient (Wildman–Crippen LogP) is 1.23. The molecule has 0 saturated heterocycles. The van der Waals surface area contributed by atoms with Gasteiger partial charge in [-0.25, -0.2) is 0 Å². The molecule has 0 aliphatic rings. The van der Waals surface area contributed by atoms with E-state index in [4.69, 9.17) is 5.11 Å². The Morgan fingerprint density at radius 1 is 1.62 bits per heavy atom. The van der Waals surface area contributed by atoms with Crippen molar-refractivity contribution in [3.05, 3.63) is 28.9 Å². The summed E-state index contributed by atoms with van der Waals surface area (Å²) in [5, 5.41) is 11.2. The smallest absolute Gasteiger partial charge is 0.305 e. The van der Waals surface area contributed by atoms with Gasteiger partial charge in [-0.3, -0.25) is 4.79 Å². The van der Waals surface area contributed by atoms with Crippen LogP contribution in [0.15, 0.2) is 23.5 Å². The minimum absolute atomic E-state index is 0.0561. The molecule has 0 radical (unpaired) electrons. The fourth-order valence-corrected chi connectivity index (χ4v) is 1.09. The van der Waals surface area contributed by atoms with Crippen LogP contribution in [0.5, 0.6) is 0 Å². The molecule has 5 heteroatoms. The lowest BCUT2D eigenvalue weighted by atomic mass is 10.4. The maximum absolute atomic E-state index is 10.3. The van der Waals surface area contributed by atoms with Crippen LogP contribution in [0.3, 0.4) is 0 Å². The Hall–Kier alpha value is -1.65. The molecule has 1 rings (SSSR count). The van der Waals surface area contributed by atoms with Crippen molar-refractivity contribution in [2.24, 2.45) is 5.18 Å². The summed E-state index contributed by atoms with van der Waals surface area (Å²) in [6.07, 6.45) is 1.80. The summed E-state index contributed by atoms with van der Waals surface area (Å²) in [4.78, 5) is 20.2. The number of rotatable bonds is 5. The molecule has 1 N–H and O–H groups in total. The highest BCUT2D eigenvalue weighted by Crippen LogP contribution is 2.04. The minimum atomic E-state index is -0.848. The fraction of sp³-hybridized carbons (Fsp3) is 0.375.